The first kappa shape index (κ1) is 26.2. The van der Waals surface area contributed by atoms with Crippen LogP contribution in [0.3, 0.4) is 0 Å². The molecule has 204 valence electrons. The zero-order chi connectivity index (χ0) is 27.1. The van der Waals surface area contributed by atoms with Crippen molar-refractivity contribution in [1.82, 2.24) is 9.88 Å². The number of anilines is 1. The third-order valence-corrected chi connectivity index (χ3v) is 7.25. The van der Waals surface area contributed by atoms with E-state index in [-0.39, 0.29) is 5.69 Å². The first-order chi connectivity index (χ1) is 18.1. The van der Waals surface area contributed by atoms with Crippen molar-refractivity contribution in [2.45, 2.75) is 51.5 Å². The minimum atomic E-state index is -1.49. The lowest BCUT2D eigenvalue weighted by Crippen LogP contribution is -2.59. The highest BCUT2D eigenvalue weighted by atomic mass is 16.7. The number of hydrogen-bond donors (Lipinski definition) is 3. The molecule has 2 saturated heterocycles. The van der Waals surface area contributed by atoms with Crippen molar-refractivity contribution in [3.8, 4) is 5.75 Å². The molecule has 1 aromatic carbocycles. The summed E-state index contributed by atoms with van der Waals surface area (Å²) in [6.07, 6.45) is -6.09. The van der Waals surface area contributed by atoms with Crippen LogP contribution in [0.1, 0.15) is 28.7 Å². The predicted molar refractivity (Wildman–Crippen MR) is 139 cm³/mol. The molecular weight excluding hydrogens is 494 g/mol. The molecule has 2 fully saturated rings. The summed E-state index contributed by atoms with van der Waals surface area (Å²) in [4.78, 5) is 32.3. The van der Waals surface area contributed by atoms with Crippen LogP contribution in [-0.2, 0) is 9.47 Å². The van der Waals surface area contributed by atoms with E-state index in [2.05, 4.69) is 21.8 Å². The van der Waals surface area contributed by atoms with E-state index in [1.165, 1.54) is 6.07 Å². The van der Waals surface area contributed by atoms with Crippen molar-refractivity contribution < 1.29 is 33.6 Å². The molecule has 3 aromatic rings. The molecule has 5 rings (SSSR count). The second kappa shape index (κ2) is 10.4. The average Bonchev–Trinajstić information content (AvgIpc) is 3.33. The number of H-pyrrole nitrogens is 1. The molecule has 2 aliphatic rings. The van der Waals surface area contributed by atoms with Crippen LogP contribution in [0.5, 0.6) is 5.75 Å². The molecule has 0 bridgehead atoms. The topological polar surface area (TPSA) is 138 Å². The number of likely N-dealkylation sites (N-methyl/N-ethyl adjacent to an activating group) is 1. The summed E-state index contributed by atoms with van der Waals surface area (Å²) < 4.78 is 22.8. The Morgan fingerprint density at radius 2 is 1.82 bits per heavy atom. The summed E-state index contributed by atoms with van der Waals surface area (Å²) in [5, 5.41) is 22.4. The highest BCUT2D eigenvalue weighted by molar-refractivity contribution is 5.93. The standard InChI is InChI=1S/C27H33N3O8/c1-14-5-7-18(28-14)26(34)38-25-22(32)16(3)35-27(23(25)33)36-20-8-6-17-19(30-11-9-29(4)10-12-30)13-21(31)37-24(17)15(20)2/h5-8,13,16,22-23,25,27-28,32-33H,9-12H2,1-4H3/t16-,22-,23+,25+,27-/m0/s1. The van der Waals surface area contributed by atoms with E-state index < -0.39 is 42.3 Å². The van der Waals surface area contributed by atoms with Gasteiger partial charge in [-0.2, -0.15) is 0 Å². The van der Waals surface area contributed by atoms with Crippen molar-refractivity contribution in [1.29, 1.82) is 0 Å². The normalized spacial score (nSPS) is 26.5. The summed E-state index contributed by atoms with van der Waals surface area (Å²) in [6, 6.07) is 8.33. The average molecular weight is 528 g/mol. The minimum Gasteiger partial charge on any atom is -0.462 e. The number of aromatic nitrogens is 1. The van der Waals surface area contributed by atoms with E-state index in [0.717, 1.165) is 42.9 Å². The van der Waals surface area contributed by atoms with Gasteiger partial charge in [-0.1, -0.05) is 0 Å². The van der Waals surface area contributed by atoms with Crippen LogP contribution in [0.25, 0.3) is 11.0 Å². The van der Waals surface area contributed by atoms with Crippen molar-refractivity contribution in [2.75, 3.05) is 38.1 Å². The maximum Gasteiger partial charge on any atom is 0.355 e. The fourth-order valence-electron chi connectivity index (χ4n) is 4.93. The van der Waals surface area contributed by atoms with Crippen molar-refractivity contribution in [3.63, 3.8) is 0 Å². The van der Waals surface area contributed by atoms with Crippen molar-refractivity contribution >= 4 is 22.6 Å². The van der Waals surface area contributed by atoms with Crippen LogP contribution in [0.2, 0.25) is 0 Å². The lowest BCUT2D eigenvalue weighted by atomic mass is 9.99. The summed E-state index contributed by atoms with van der Waals surface area (Å²) in [5.41, 5.74) is 2.25. The van der Waals surface area contributed by atoms with Gasteiger partial charge in [0.2, 0.25) is 6.29 Å². The monoisotopic (exact) mass is 527 g/mol. The van der Waals surface area contributed by atoms with E-state index in [1.807, 2.05) is 6.07 Å². The van der Waals surface area contributed by atoms with E-state index in [0.29, 0.717) is 16.9 Å². The Labute approximate surface area is 219 Å². The fourth-order valence-corrected chi connectivity index (χ4v) is 4.93. The minimum absolute atomic E-state index is 0.204. The largest absolute Gasteiger partial charge is 0.462 e. The Bertz CT molecular complexity index is 1380. The first-order valence-corrected chi connectivity index (χ1v) is 12.7. The van der Waals surface area contributed by atoms with Crippen LogP contribution >= 0.6 is 0 Å². The highest BCUT2D eigenvalue weighted by Gasteiger charge is 2.47. The number of piperazine rings is 1. The summed E-state index contributed by atoms with van der Waals surface area (Å²) in [7, 11) is 2.07. The van der Waals surface area contributed by atoms with Gasteiger partial charge in [0, 0.05) is 48.9 Å². The molecule has 0 amide bonds. The van der Waals surface area contributed by atoms with Gasteiger partial charge >= 0.3 is 11.6 Å². The van der Waals surface area contributed by atoms with E-state index in [1.54, 1.807) is 39.0 Å². The number of esters is 1. The Morgan fingerprint density at radius 1 is 1.08 bits per heavy atom. The Kier molecular flexibility index (Phi) is 7.19. The number of carbonyl (C=O) groups is 1. The zero-order valence-electron chi connectivity index (χ0n) is 21.8. The van der Waals surface area contributed by atoms with Crippen LogP contribution in [0.15, 0.2) is 39.5 Å². The van der Waals surface area contributed by atoms with Crippen LogP contribution in [0, 0.1) is 13.8 Å². The molecule has 0 unspecified atom stereocenters. The molecule has 0 aliphatic carbocycles. The summed E-state index contributed by atoms with van der Waals surface area (Å²) >= 11 is 0. The number of aryl methyl sites for hydroxylation is 2. The quantitative estimate of drug-likeness (QED) is 0.331. The van der Waals surface area contributed by atoms with Gasteiger partial charge < -0.3 is 43.6 Å². The van der Waals surface area contributed by atoms with Crippen LogP contribution < -0.4 is 15.3 Å². The van der Waals surface area contributed by atoms with Crippen molar-refractivity contribution in [2.24, 2.45) is 0 Å². The number of aliphatic hydroxyl groups excluding tert-OH is 2. The Morgan fingerprint density at radius 3 is 2.50 bits per heavy atom. The van der Waals surface area contributed by atoms with Gasteiger partial charge in [0.05, 0.1) is 11.8 Å². The van der Waals surface area contributed by atoms with Gasteiger partial charge in [-0.15, -0.1) is 0 Å². The lowest BCUT2D eigenvalue weighted by Gasteiger charge is -2.40. The predicted octanol–water partition coefficient (Wildman–Crippen LogP) is 1.56. The number of aliphatic hydroxyl groups is 2. The summed E-state index contributed by atoms with van der Waals surface area (Å²) in [6.45, 7) is 8.50. The van der Waals surface area contributed by atoms with E-state index in [4.69, 9.17) is 18.6 Å². The van der Waals surface area contributed by atoms with E-state index >= 15 is 0 Å². The second-order valence-corrected chi connectivity index (χ2v) is 10.0. The number of carbonyl (C=O) groups excluding carboxylic acids is 1. The number of nitrogens with one attached hydrogen (secondary N) is 1. The molecular formula is C27H33N3O8. The van der Waals surface area contributed by atoms with Gasteiger partial charge in [-0.05, 0) is 52.1 Å². The molecule has 3 N–H and O–H groups in total. The number of hydrogen-bond acceptors (Lipinski definition) is 10. The van der Waals surface area contributed by atoms with Gasteiger partial charge in [0.1, 0.15) is 23.1 Å². The van der Waals surface area contributed by atoms with Gasteiger partial charge in [-0.3, -0.25) is 0 Å². The lowest BCUT2D eigenvalue weighted by molar-refractivity contribution is -0.267. The number of rotatable bonds is 5. The molecule has 2 aliphatic heterocycles. The van der Waals surface area contributed by atoms with Crippen LogP contribution in [0.4, 0.5) is 5.69 Å². The Balaban J connectivity index is 1.40. The molecule has 0 spiro atoms. The number of benzene rings is 1. The Hall–Kier alpha value is -3.38. The van der Waals surface area contributed by atoms with E-state index in [9.17, 15) is 19.8 Å². The van der Waals surface area contributed by atoms with Gasteiger partial charge in [-0.25, -0.2) is 9.59 Å². The molecule has 5 atom stereocenters. The molecule has 0 saturated carbocycles. The van der Waals surface area contributed by atoms with Gasteiger partial charge in [0.15, 0.2) is 12.2 Å². The number of aromatic amines is 1. The maximum atomic E-state index is 12.6. The third-order valence-electron chi connectivity index (χ3n) is 7.25. The molecule has 2 aromatic heterocycles. The highest BCUT2D eigenvalue weighted by Crippen LogP contribution is 2.35. The molecule has 0 radical (unpaired) electrons. The van der Waals surface area contributed by atoms with Gasteiger partial charge in [0.25, 0.3) is 0 Å². The zero-order valence-corrected chi connectivity index (χ0v) is 21.8. The fraction of sp³-hybridized carbons (Fsp3) is 0.481. The summed E-state index contributed by atoms with van der Waals surface area (Å²) in [5.74, 6) is -0.386. The molecule has 38 heavy (non-hydrogen) atoms. The molecule has 11 nitrogen and oxygen atoms in total. The maximum absolute atomic E-state index is 12.6. The number of fused-ring (bicyclic) bond motifs is 1. The smallest absolute Gasteiger partial charge is 0.355 e. The third kappa shape index (κ3) is 5.02. The number of ether oxygens (including phenoxy) is 3. The SMILES string of the molecule is Cc1ccc(C(=O)O[C@@H]2[C@@H](O)[C@H](C)O[C@@H](Oc3ccc4c(N5CCN(C)CC5)cc(=O)oc4c3C)[C@@H]2O)[nH]1. The second-order valence-electron chi connectivity index (χ2n) is 10.0. The first-order valence-electron chi connectivity index (χ1n) is 12.7. The number of nitrogens with zero attached hydrogens (tertiary/aromatic N) is 2. The molecule has 11 heteroatoms. The van der Waals surface area contributed by atoms with Crippen molar-refractivity contribution in [3.05, 3.63) is 57.7 Å². The van der Waals surface area contributed by atoms with Crippen LogP contribution in [-0.4, -0.2) is 90.0 Å². The molecule has 4 heterocycles.